The lowest BCUT2D eigenvalue weighted by atomic mass is 10.1. The molecule has 4 nitrogen and oxygen atoms in total. The van der Waals surface area contributed by atoms with Crippen LogP contribution in [0.3, 0.4) is 0 Å². The molecule has 2 heterocycles. The van der Waals surface area contributed by atoms with Crippen molar-refractivity contribution >= 4 is 11.5 Å². The summed E-state index contributed by atoms with van der Waals surface area (Å²) in [6.45, 7) is 6.20. The molecular weight excluding hydrogens is 248 g/mol. The minimum atomic E-state index is 0.788. The summed E-state index contributed by atoms with van der Waals surface area (Å²) in [6.07, 6.45) is 2.17. The molecule has 20 heavy (non-hydrogen) atoms. The summed E-state index contributed by atoms with van der Waals surface area (Å²) in [5.74, 6) is 1.78. The van der Waals surface area contributed by atoms with E-state index in [0.29, 0.717) is 0 Å². The Bertz CT molecular complexity index is 642. The van der Waals surface area contributed by atoms with Crippen LogP contribution in [-0.4, -0.2) is 23.1 Å². The fraction of sp³-hybridized carbons (Fsp3) is 0.438. The number of anilines is 2. The van der Waals surface area contributed by atoms with E-state index in [1.807, 2.05) is 6.92 Å². The zero-order valence-corrected chi connectivity index (χ0v) is 12.5. The summed E-state index contributed by atoms with van der Waals surface area (Å²) < 4.78 is 2.11. The van der Waals surface area contributed by atoms with Gasteiger partial charge in [-0.25, -0.2) is 4.98 Å². The van der Waals surface area contributed by atoms with Crippen LogP contribution in [0, 0.1) is 6.92 Å². The molecule has 1 aromatic heterocycles. The molecule has 106 valence electrons. The zero-order chi connectivity index (χ0) is 14.3. The second-order valence-electron chi connectivity index (χ2n) is 5.56. The molecule has 0 amide bonds. The van der Waals surface area contributed by atoms with Gasteiger partial charge in [0, 0.05) is 31.4 Å². The van der Waals surface area contributed by atoms with E-state index in [2.05, 4.69) is 46.6 Å². The molecule has 2 aromatic rings. The summed E-state index contributed by atoms with van der Waals surface area (Å²) in [5, 5.41) is 0. The Morgan fingerprint density at radius 1 is 1.35 bits per heavy atom. The summed E-state index contributed by atoms with van der Waals surface area (Å²) in [6, 6.07) is 6.56. The zero-order valence-electron chi connectivity index (χ0n) is 12.5. The van der Waals surface area contributed by atoms with Crippen molar-refractivity contribution < 1.29 is 0 Å². The van der Waals surface area contributed by atoms with Crippen molar-refractivity contribution in [3.05, 3.63) is 29.6 Å². The van der Waals surface area contributed by atoms with Gasteiger partial charge in [0.05, 0.1) is 0 Å². The molecule has 1 aromatic carbocycles. The minimum absolute atomic E-state index is 0.788. The molecule has 1 aliphatic heterocycles. The highest BCUT2D eigenvalue weighted by Gasteiger charge is 2.18. The van der Waals surface area contributed by atoms with Crippen molar-refractivity contribution in [2.75, 3.05) is 24.2 Å². The number of aromatic nitrogens is 2. The standard InChI is InChI=1S/C16H22N4/c1-4-8-20-11(2)18-15(16(20)17)13-5-6-14-12(10-13)7-9-19(14)3/h5-6,10H,4,7-9,17H2,1-3H3. The van der Waals surface area contributed by atoms with Crippen molar-refractivity contribution in [3.8, 4) is 11.3 Å². The van der Waals surface area contributed by atoms with Gasteiger partial charge in [0.2, 0.25) is 0 Å². The SMILES string of the molecule is CCCn1c(C)nc(-c2ccc3c(c2)CCN3C)c1N. The first kappa shape index (κ1) is 13.0. The van der Waals surface area contributed by atoms with Gasteiger partial charge in [-0.2, -0.15) is 0 Å². The number of imidazole rings is 1. The van der Waals surface area contributed by atoms with E-state index in [1.54, 1.807) is 0 Å². The Labute approximate surface area is 120 Å². The molecule has 0 unspecified atom stereocenters. The van der Waals surface area contributed by atoms with Crippen molar-refractivity contribution in [2.45, 2.75) is 33.2 Å². The van der Waals surface area contributed by atoms with Crippen LogP contribution < -0.4 is 10.6 Å². The van der Waals surface area contributed by atoms with Crippen LogP contribution in [0.1, 0.15) is 24.7 Å². The van der Waals surface area contributed by atoms with Crippen LogP contribution in [0.15, 0.2) is 18.2 Å². The molecular formula is C16H22N4. The van der Waals surface area contributed by atoms with E-state index in [9.17, 15) is 0 Å². The Morgan fingerprint density at radius 3 is 2.90 bits per heavy atom. The predicted molar refractivity (Wildman–Crippen MR) is 84.1 cm³/mol. The first-order valence-corrected chi connectivity index (χ1v) is 7.29. The van der Waals surface area contributed by atoms with E-state index < -0.39 is 0 Å². The summed E-state index contributed by atoms with van der Waals surface area (Å²) >= 11 is 0. The number of rotatable bonds is 3. The second kappa shape index (κ2) is 4.85. The Balaban J connectivity index is 2.04. The number of nitrogens with two attached hydrogens (primary N) is 1. The monoisotopic (exact) mass is 270 g/mol. The van der Waals surface area contributed by atoms with Crippen molar-refractivity contribution in [3.63, 3.8) is 0 Å². The normalized spacial score (nSPS) is 13.8. The minimum Gasteiger partial charge on any atom is -0.383 e. The number of nitrogen functional groups attached to an aromatic ring is 1. The second-order valence-corrected chi connectivity index (χ2v) is 5.56. The van der Waals surface area contributed by atoms with E-state index in [0.717, 1.165) is 48.8 Å². The highest BCUT2D eigenvalue weighted by atomic mass is 15.1. The quantitative estimate of drug-likeness (QED) is 0.933. The van der Waals surface area contributed by atoms with E-state index in [-0.39, 0.29) is 0 Å². The topological polar surface area (TPSA) is 47.1 Å². The van der Waals surface area contributed by atoms with Gasteiger partial charge in [0.1, 0.15) is 17.3 Å². The molecule has 0 radical (unpaired) electrons. The fourth-order valence-electron chi connectivity index (χ4n) is 3.01. The number of nitrogens with zero attached hydrogens (tertiary/aromatic N) is 3. The third-order valence-electron chi connectivity index (χ3n) is 4.13. The largest absolute Gasteiger partial charge is 0.383 e. The molecule has 0 fully saturated rings. The van der Waals surface area contributed by atoms with Gasteiger partial charge in [0.15, 0.2) is 0 Å². The smallest absolute Gasteiger partial charge is 0.131 e. The molecule has 1 aliphatic rings. The van der Waals surface area contributed by atoms with Crippen LogP contribution in [0.2, 0.25) is 0 Å². The van der Waals surface area contributed by atoms with Gasteiger partial charge in [0.25, 0.3) is 0 Å². The van der Waals surface area contributed by atoms with Gasteiger partial charge in [-0.3, -0.25) is 0 Å². The average molecular weight is 270 g/mol. The number of hydrogen-bond acceptors (Lipinski definition) is 3. The van der Waals surface area contributed by atoms with E-state index in [1.165, 1.54) is 11.3 Å². The molecule has 0 aliphatic carbocycles. The van der Waals surface area contributed by atoms with Crippen molar-refractivity contribution in [1.82, 2.24) is 9.55 Å². The number of aryl methyl sites for hydroxylation is 1. The fourth-order valence-corrected chi connectivity index (χ4v) is 3.01. The van der Waals surface area contributed by atoms with E-state index in [4.69, 9.17) is 5.73 Å². The van der Waals surface area contributed by atoms with Gasteiger partial charge in [-0.05, 0) is 37.5 Å². The maximum absolute atomic E-state index is 6.28. The summed E-state index contributed by atoms with van der Waals surface area (Å²) in [4.78, 5) is 6.96. The number of likely N-dealkylation sites (N-methyl/N-ethyl adjacent to an activating group) is 1. The summed E-state index contributed by atoms with van der Waals surface area (Å²) in [7, 11) is 2.14. The van der Waals surface area contributed by atoms with Crippen LogP contribution in [-0.2, 0) is 13.0 Å². The molecule has 0 bridgehead atoms. The highest BCUT2D eigenvalue weighted by Crippen LogP contribution is 2.33. The van der Waals surface area contributed by atoms with Crippen LogP contribution in [0.5, 0.6) is 0 Å². The molecule has 0 saturated heterocycles. The third-order valence-corrected chi connectivity index (χ3v) is 4.13. The average Bonchev–Trinajstić information content (AvgIpc) is 2.94. The van der Waals surface area contributed by atoms with Crippen molar-refractivity contribution in [2.24, 2.45) is 0 Å². The predicted octanol–water partition coefficient (Wildman–Crippen LogP) is 2.84. The number of fused-ring (bicyclic) bond motifs is 1. The first-order valence-electron chi connectivity index (χ1n) is 7.29. The Kier molecular flexibility index (Phi) is 3.16. The Hall–Kier alpha value is -1.97. The molecule has 0 atom stereocenters. The van der Waals surface area contributed by atoms with Gasteiger partial charge in [-0.1, -0.05) is 13.0 Å². The van der Waals surface area contributed by atoms with Gasteiger partial charge < -0.3 is 15.2 Å². The maximum Gasteiger partial charge on any atom is 0.131 e. The molecule has 0 saturated carbocycles. The molecule has 3 rings (SSSR count). The van der Waals surface area contributed by atoms with Crippen LogP contribution in [0.4, 0.5) is 11.5 Å². The Morgan fingerprint density at radius 2 is 2.15 bits per heavy atom. The number of benzene rings is 1. The lowest BCUT2D eigenvalue weighted by molar-refractivity contribution is 0.665. The lowest BCUT2D eigenvalue weighted by Gasteiger charge is -2.12. The van der Waals surface area contributed by atoms with Crippen LogP contribution in [0.25, 0.3) is 11.3 Å². The molecule has 0 spiro atoms. The third kappa shape index (κ3) is 1.96. The molecule has 2 N–H and O–H groups in total. The number of hydrogen-bond donors (Lipinski definition) is 1. The molecule has 4 heteroatoms. The van der Waals surface area contributed by atoms with Crippen LogP contribution >= 0.6 is 0 Å². The first-order chi connectivity index (χ1) is 9.61. The van der Waals surface area contributed by atoms with Crippen molar-refractivity contribution in [1.29, 1.82) is 0 Å². The van der Waals surface area contributed by atoms with E-state index >= 15 is 0 Å². The lowest BCUT2D eigenvalue weighted by Crippen LogP contribution is -2.12. The van der Waals surface area contributed by atoms with Gasteiger partial charge >= 0.3 is 0 Å². The summed E-state index contributed by atoms with van der Waals surface area (Å²) in [5.41, 5.74) is 11.1. The maximum atomic E-state index is 6.28. The van der Waals surface area contributed by atoms with Gasteiger partial charge in [-0.15, -0.1) is 0 Å². The highest BCUT2D eigenvalue weighted by molar-refractivity contribution is 5.75.